The van der Waals surface area contributed by atoms with Crippen molar-refractivity contribution in [2.45, 2.75) is 39.3 Å². The quantitative estimate of drug-likeness (QED) is 0.788. The molecule has 1 aromatic rings. The topological polar surface area (TPSA) is 24.9 Å². The molecule has 2 heteroatoms. The summed E-state index contributed by atoms with van der Waals surface area (Å²) in [6.07, 6.45) is 6.65. The first-order valence-electron chi connectivity index (χ1n) is 5.39. The second-order valence-corrected chi connectivity index (χ2v) is 4.38. The minimum absolute atomic E-state index is 0.663. The molecule has 0 radical (unpaired) electrons. The van der Waals surface area contributed by atoms with Gasteiger partial charge in [0.1, 0.15) is 0 Å². The van der Waals surface area contributed by atoms with E-state index in [9.17, 15) is 0 Å². The highest BCUT2D eigenvalue weighted by molar-refractivity contribution is 5.16. The van der Waals surface area contributed by atoms with Gasteiger partial charge in [-0.05, 0) is 43.7 Å². The van der Waals surface area contributed by atoms with E-state index >= 15 is 0 Å². The molecule has 0 saturated heterocycles. The summed E-state index contributed by atoms with van der Waals surface area (Å²) in [5.41, 5.74) is 2.53. The molecule has 1 unspecified atom stereocenters. The molecule has 1 heterocycles. The number of aromatic nitrogens is 1. The average molecular weight is 190 g/mol. The molecule has 0 bridgehead atoms. The van der Waals surface area contributed by atoms with E-state index in [1.807, 2.05) is 12.4 Å². The summed E-state index contributed by atoms with van der Waals surface area (Å²) < 4.78 is 0. The molecule has 2 nitrogen and oxygen atoms in total. The fourth-order valence-corrected chi connectivity index (χ4v) is 1.76. The Hall–Kier alpha value is -0.890. The molecule has 2 rings (SSSR count). The van der Waals surface area contributed by atoms with Gasteiger partial charge in [-0.3, -0.25) is 4.98 Å². The summed E-state index contributed by atoms with van der Waals surface area (Å²) in [5, 5.41) is 3.55. The molecule has 1 fully saturated rings. The first-order chi connectivity index (χ1) is 6.75. The van der Waals surface area contributed by atoms with Gasteiger partial charge >= 0.3 is 0 Å². The van der Waals surface area contributed by atoms with Crippen molar-refractivity contribution < 1.29 is 0 Å². The molecular weight excluding hydrogens is 172 g/mol. The van der Waals surface area contributed by atoms with Gasteiger partial charge in [0.2, 0.25) is 0 Å². The van der Waals surface area contributed by atoms with Crippen LogP contribution in [-0.2, 0) is 6.54 Å². The molecule has 1 aromatic heterocycles. The minimum Gasteiger partial charge on any atom is -0.310 e. The van der Waals surface area contributed by atoms with Crippen LogP contribution in [-0.4, -0.2) is 11.0 Å². The van der Waals surface area contributed by atoms with Crippen LogP contribution in [0.4, 0.5) is 0 Å². The van der Waals surface area contributed by atoms with Crippen LogP contribution in [0, 0.1) is 12.8 Å². The number of pyridine rings is 1. The minimum atomic E-state index is 0.663. The van der Waals surface area contributed by atoms with Gasteiger partial charge in [0.05, 0.1) is 0 Å². The Bertz CT molecular complexity index is 305. The Morgan fingerprint density at radius 2 is 2.29 bits per heavy atom. The van der Waals surface area contributed by atoms with Crippen molar-refractivity contribution in [2.24, 2.45) is 5.92 Å². The van der Waals surface area contributed by atoms with Crippen molar-refractivity contribution in [3.05, 3.63) is 29.6 Å². The van der Waals surface area contributed by atoms with Crippen LogP contribution in [0.25, 0.3) is 0 Å². The maximum Gasteiger partial charge on any atom is 0.0313 e. The standard InChI is InChI=1S/C12H18N2/c1-9-5-11(7-13-6-9)8-14-10(2)12-3-4-12/h5-7,10,12,14H,3-4,8H2,1-2H3. The summed E-state index contributed by atoms with van der Waals surface area (Å²) in [7, 11) is 0. The lowest BCUT2D eigenvalue weighted by Gasteiger charge is -2.12. The summed E-state index contributed by atoms with van der Waals surface area (Å²) in [5.74, 6) is 0.924. The molecule has 1 atom stereocenters. The third-order valence-corrected chi connectivity index (χ3v) is 2.89. The van der Waals surface area contributed by atoms with Crippen LogP contribution in [0.15, 0.2) is 18.5 Å². The van der Waals surface area contributed by atoms with Crippen molar-refractivity contribution in [3.8, 4) is 0 Å². The predicted octanol–water partition coefficient (Wildman–Crippen LogP) is 2.28. The van der Waals surface area contributed by atoms with E-state index in [0.29, 0.717) is 6.04 Å². The molecule has 1 aliphatic rings. The zero-order chi connectivity index (χ0) is 9.97. The van der Waals surface area contributed by atoms with E-state index in [4.69, 9.17) is 0 Å². The van der Waals surface area contributed by atoms with E-state index < -0.39 is 0 Å². The summed E-state index contributed by atoms with van der Waals surface area (Å²) >= 11 is 0. The Kier molecular flexibility index (Phi) is 2.82. The highest BCUT2D eigenvalue weighted by Crippen LogP contribution is 2.32. The number of nitrogens with one attached hydrogen (secondary N) is 1. The first kappa shape index (κ1) is 9.66. The van der Waals surface area contributed by atoms with E-state index in [1.54, 1.807) is 0 Å². The number of aryl methyl sites for hydroxylation is 1. The molecular formula is C12H18N2. The van der Waals surface area contributed by atoms with Crippen molar-refractivity contribution >= 4 is 0 Å². The highest BCUT2D eigenvalue weighted by Gasteiger charge is 2.27. The number of hydrogen-bond donors (Lipinski definition) is 1. The second kappa shape index (κ2) is 4.09. The van der Waals surface area contributed by atoms with Crippen molar-refractivity contribution in [2.75, 3.05) is 0 Å². The molecule has 1 N–H and O–H groups in total. The molecule has 1 aliphatic carbocycles. The molecule has 0 aromatic carbocycles. The van der Waals surface area contributed by atoms with Crippen molar-refractivity contribution in [1.29, 1.82) is 0 Å². The summed E-state index contributed by atoms with van der Waals surface area (Å²) in [4.78, 5) is 4.18. The van der Waals surface area contributed by atoms with Crippen LogP contribution in [0.2, 0.25) is 0 Å². The molecule has 14 heavy (non-hydrogen) atoms. The number of rotatable bonds is 4. The fraction of sp³-hybridized carbons (Fsp3) is 0.583. The van der Waals surface area contributed by atoms with Crippen LogP contribution in [0.1, 0.15) is 30.9 Å². The van der Waals surface area contributed by atoms with Gasteiger partial charge < -0.3 is 5.32 Å². The highest BCUT2D eigenvalue weighted by atomic mass is 14.9. The molecule has 0 amide bonds. The largest absolute Gasteiger partial charge is 0.310 e. The monoisotopic (exact) mass is 190 g/mol. The van der Waals surface area contributed by atoms with Gasteiger partial charge in [-0.2, -0.15) is 0 Å². The van der Waals surface area contributed by atoms with Crippen molar-refractivity contribution in [1.82, 2.24) is 10.3 Å². The molecule has 76 valence electrons. The lowest BCUT2D eigenvalue weighted by Crippen LogP contribution is -2.27. The van der Waals surface area contributed by atoms with Crippen molar-refractivity contribution in [3.63, 3.8) is 0 Å². The Morgan fingerprint density at radius 1 is 1.50 bits per heavy atom. The van der Waals surface area contributed by atoms with Gasteiger partial charge in [0.15, 0.2) is 0 Å². The van der Waals surface area contributed by atoms with E-state index in [-0.39, 0.29) is 0 Å². The van der Waals surface area contributed by atoms with E-state index in [0.717, 1.165) is 12.5 Å². The van der Waals surface area contributed by atoms with Gasteiger partial charge in [0.25, 0.3) is 0 Å². The summed E-state index contributed by atoms with van der Waals surface area (Å²) in [6.45, 7) is 5.31. The Labute approximate surface area is 85.7 Å². The van der Waals surface area contributed by atoms with Gasteiger partial charge in [-0.15, -0.1) is 0 Å². The van der Waals surface area contributed by atoms with Crippen LogP contribution < -0.4 is 5.32 Å². The van der Waals surface area contributed by atoms with E-state index in [1.165, 1.54) is 24.0 Å². The van der Waals surface area contributed by atoms with Crippen LogP contribution in [0.3, 0.4) is 0 Å². The normalized spacial score (nSPS) is 18.1. The SMILES string of the molecule is Cc1cncc(CNC(C)C2CC2)c1. The van der Waals surface area contributed by atoms with Gasteiger partial charge in [0, 0.05) is 25.0 Å². The Morgan fingerprint density at radius 3 is 2.93 bits per heavy atom. The van der Waals surface area contributed by atoms with Gasteiger partial charge in [-0.25, -0.2) is 0 Å². The fourth-order valence-electron chi connectivity index (χ4n) is 1.76. The zero-order valence-corrected chi connectivity index (χ0v) is 8.96. The summed E-state index contributed by atoms with van der Waals surface area (Å²) in [6, 6.07) is 2.86. The lowest BCUT2D eigenvalue weighted by atomic mass is 10.2. The third kappa shape index (κ3) is 2.55. The number of hydrogen-bond acceptors (Lipinski definition) is 2. The van der Waals surface area contributed by atoms with Crippen LogP contribution >= 0.6 is 0 Å². The van der Waals surface area contributed by atoms with Gasteiger partial charge in [-0.1, -0.05) is 6.07 Å². The van der Waals surface area contributed by atoms with E-state index in [2.05, 4.69) is 30.2 Å². The lowest BCUT2D eigenvalue weighted by molar-refractivity contribution is 0.496. The smallest absolute Gasteiger partial charge is 0.0313 e. The first-order valence-corrected chi connectivity index (χ1v) is 5.39. The third-order valence-electron chi connectivity index (χ3n) is 2.89. The second-order valence-electron chi connectivity index (χ2n) is 4.38. The molecule has 1 saturated carbocycles. The molecule has 0 spiro atoms. The molecule has 0 aliphatic heterocycles. The Balaban J connectivity index is 1.84. The average Bonchev–Trinajstić information content (AvgIpc) is 2.97. The van der Waals surface area contributed by atoms with Crippen LogP contribution in [0.5, 0.6) is 0 Å². The zero-order valence-electron chi connectivity index (χ0n) is 8.96. The predicted molar refractivity (Wildman–Crippen MR) is 58.0 cm³/mol. The maximum atomic E-state index is 4.18. The maximum absolute atomic E-state index is 4.18. The number of nitrogens with zero attached hydrogens (tertiary/aromatic N) is 1.